The summed E-state index contributed by atoms with van der Waals surface area (Å²) in [6.45, 7) is 0. The first-order valence-electron chi connectivity index (χ1n) is 21.6. The zero-order chi connectivity index (χ0) is 52.3. The molecule has 0 amide bonds. The molecule has 0 aliphatic rings. The molecule has 0 spiro atoms. The molecule has 0 saturated carbocycles. The summed E-state index contributed by atoms with van der Waals surface area (Å²) in [6.07, 6.45) is 0. The average Bonchev–Trinajstić information content (AvgIpc) is 3.78. The van der Waals surface area contributed by atoms with E-state index in [0.717, 1.165) is 10.8 Å². The third-order valence-corrected chi connectivity index (χ3v) is 14.1. The van der Waals surface area contributed by atoms with Crippen LogP contribution in [0.4, 0.5) is 0 Å². The van der Waals surface area contributed by atoms with Crippen molar-refractivity contribution in [3.8, 4) is 44.5 Å². The van der Waals surface area contributed by atoms with Crippen LogP contribution < -0.4 is 126 Å². The lowest BCUT2D eigenvalue weighted by Crippen LogP contribution is -2.51. The van der Waals surface area contributed by atoms with Crippen LogP contribution in [-0.4, -0.2) is 180 Å². The molecule has 0 N–H and O–H groups in total. The molecule has 0 bridgehead atoms. The molecule has 1 nitrogen and oxygen atoms in total. The van der Waals surface area contributed by atoms with Gasteiger partial charge in [-0.05, 0) is 76.8 Å². The van der Waals surface area contributed by atoms with E-state index in [1.165, 1.54) is 0 Å². The standard InChI is InChI=1S/C48H7B23O/c49-24-11(10-7-3-5-8-4-1-2-6-9(8)10)26(51)38(63)35(60)18(24)12-14-16(29(54)41(66)39(64)27(14)52)13(17-15(12)28(53)40(65)42(67)30(17)55)19-31(56)33(58)21(34(59)32(19)57)20-25(50)22-23-37(62)43(68)44(69)46(71)48(23)72-47(22)45(70)36(20)61/h1-7H. The summed E-state index contributed by atoms with van der Waals surface area (Å²) in [6, 6.07) is 13.2. The second kappa shape index (κ2) is 17.6. The van der Waals surface area contributed by atoms with E-state index in [-0.39, 0.29) is 203 Å². The fourth-order valence-electron chi connectivity index (χ4n) is 10.3. The minimum atomic E-state index is -0.224. The number of hydrogen-bond acceptors (Lipinski definition) is 1. The van der Waals surface area contributed by atoms with Gasteiger partial charge in [0.05, 0.1) is 0 Å². The van der Waals surface area contributed by atoms with Crippen LogP contribution in [0.25, 0.3) is 98.8 Å². The van der Waals surface area contributed by atoms with Gasteiger partial charge in [0.1, 0.15) is 192 Å². The smallest absolute Gasteiger partial charge is 0.127 e. The summed E-state index contributed by atoms with van der Waals surface area (Å²) in [5.41, 5.74) is -1.26. The summed E-state index contributed by atoms with van der Waals surface area (Å²) in [5.74, 6) is 0. The predicted octanol–water partition coefficient (Wildman–Crippen LogP) is -14.0. The van der Waals surface area contributed by atoms with Gasteiger partial charge in [0.15, 0.2) is 0 Å². The van der Waals surface area contributed by atoms with Crippen LogP contribution in [0.3, 0.4) is 0 Å². The van der Waals surface area contributed by atoms with Gasteiger partial charge < -0.3 is 4.42 Å². The molecule has 10 rings (SSSR count). The predicted molar refractivity (Wildman–Crippen MR) is 332 cm³/mol. The Balaban J connectivity index is 1.40. The van der Waals surface area contributed by atoms with E-state index in [1.54, 1.807) is 0 Å². The van der Waals surface area contributed by atoms with Crippen molar-refractivity contribution in [2.24, 2.45) is 0 Å². The maximum atomic E-state index is 7.33. The van der Waals surface area contributed by atoms with E-state index < -0.39 is 0 Å². The Bertz CT molecular complexity index is 4080. The second-order valence-electron chi connectivity index (χ2n) is 17.7. The van der Waals surface area contributed by atoms with Gasteiger partial charge in [-0.15, -0.1) is 38.2 Å². The molecule has 1 aromatic heterocycles. The van der Waals surface area contributed by atoms with E-state index in [1.807, 2.05) is 42.5 Å². The van der Waals surface area contributed by atoms with Crippen molar-refractivity contribution < 1.29 is 4.42 Å². The summed E-state index contributed by atoms with van der Waals surface area (Å²) in [4.78, 5) is 0. The average molecular weight is 848 g/mol. The first kappa shape index (κ1) is 50.6. The second-order valence-corrected chi connectivity index (χ2v) is 17.7. The Labute approximate surface area is 448 Å². The van der Waals surface area contributed by atoms with E-state index >= 15 is 0 Å². The monoisotopic (exact) mass is 852 g/mol. The zero-order valence-corrected chi connectivity index (χ0v) is 38.2. The molecule has 0 aliphatic heterocycles. The minimum Gasteiger partial charge on any atom is -0.457 e. The number of hydrogen-bond donors (Lipinski definition) is 0. The molecule has 24 heteroatoms. The Morgan fingerprint density at radius 3 is 0.972 bits per heavy atom. The molecule has 10 aromatic rings. The molecular formula is C48H7B23O. The fraction of sp³-hybridized carbons (Fsp3) is 0. The van der Waals surface area contributed by atoms with Crippen LogP contribution in [-0.2, 0) is 0 Å². The van der Waals surface area contributed by atoms with Crippen molar-refractivity contribution in [2.75, 3.05) is 0 Å². The van der Waals surface area contributed by atoms with Crippen LogP contribution in [0, 0.1) is 0 Å². The first-order valence-corrected chi connectivity index (χ1v) is 21.6. The molecule has 46 radical (unpaired) electrons. The van der Waals surface area contributed by atoms with Crippen LogP contribution in [0.5, 0.6) is 0 Å². The quantitative estimate of drug-likeness (QED) is 0.127. The maximum absolute atomic E-state index is 7.33. The third-order valence-electron chi connectivity index (χ3n) is 14.1. The summed E-state index contributed by atoms with van der Waals surface area (Å²) < 4.78 is 6.09. The Morgan fingerprint density at radius 2 is 0.500 bits per heavy atom. The van der Waals surface area contributed by atoms with Gasteiger partial charge in [-0.3, -0.25) is 0 Å². The normalized spacial score (nSPS) is 11.8. The van der Waals surface area contributed by atoms with Gasteiger partial charge in [-0.25, -0.2) is 0 Å². The van der Waals surface area contributed by atoms with Crippen molar-refractivity contribution in [3.63, 3.8) is 0 Å². The molecule has 0 unspecified atom stereocenters. The lowest BCUT2D eigenvalue weighted by molar-refractivity contribution is 0.675. The largest absolute Gasteiger partial charge is 0.457 e. The third kappa shape index (κ3) is 6.67. The van der Waals surface area contributed by atoms with E-state index in [9.17, 15) is 0 Å². The highest BCUT2D eigenvalue weighted by atomic mass is 16.3. The molecule has 0 aliphatic carbocycles. The van der Waals surface area contributed by atoms with Crippen molar-refractivity contribution in [3.05, 3.63) is 42.5 Å². The van der Waals surface area contributed by atoms with Gasteiger partial charge in [0, 0.05) is 10.8 Å². The van der Waals surface area contributed by atoms with Crippen molar-refractivity contribution >= 4 is 360 Å². The fourth-order valence-corrected chi connectivity index (χ4v) is 10.3. The van der Waals surface area contributed by atoms with E-state index in [4.69, 9.17) is 185 Å². The topological polar surface area (TPSA) is 13.1 Å². The highest BCUT2D eigenvalue weighted by molar-refractivity contribution is 6.75. The van der Waals surface area contributed by atoms with Crippen molar-refractivity contribution in [2.45, 2.75) is 0 Å². The summed E-state index contributed by atoms with van der Waals surface area (Å²) in [5, 5.41) is 2.24. The van der Waals surface area contributed by atoms with Gasteiger partial charge in [-0.1, -0.05) is 130 Å². The molecule has 0 atom stereocenters. The minimum absolute atomic E-state index is 0.00158. The van der Waals surface area contributed by atoms with Crippen LogP contribution >= 0.6 is 0 Å². The highest BCUT2D eigenvalue weighted by Crippen LogP contribution is 2.40. The number of furan rings is 1. The molecule has 0 saturated heterocycles. The molecule has 0 fully saturated rings. The lowest BCUT2D eigenvalue weighted by Gasteiger charge is -2.33. The Morgan fingerprint density at radius 1 is 0.208 bits per heavy atom. The maximum Gasteiger partial charge on any atom is 0.127 e. The summed E-state index contributed by atoms with van der Waals surface area (Å²) >= 11 is 0. The van der Waals surface area contributed by atoms with Gasteiger partial charge in [0.25, 0.3) is 0 Å². The van der Waals surface area contributed by atoms with Crippen molar-refractivity contribution in [1.29, 1.82) is 0 Å². The molecule has 72 heavy (non-hydrogen) atoms. The van der Waals surface area contributed by atoms with Crippen LogP contribution in [0.2, 0.25) is 0 Å². The molecular weight excluding hydrogens is 841 g/mol. The zero-order valence-electron chi connectivity index (χ0n) is 38.2. The van der Waals surface area contributed by atoms with E-state index in [2.05, 4.69) is 0 Å². The molecule has 1 heterocycles. The van der Waals surface area contributed by atoms with Crippen molar-refractivity contribution in [1.82, 2.24) is 0 Å². The number of rotatable bonds is 4. The number of benzene rings is 9. The molecule has 274 valence electrons. The summed E-state index contributed by atoms with van der Waals surface area (Å²) in [7, 11) is 158. The van der Waals surface area contributed by atoms with Crippen LogP contribution in [0.1, 0.15) is 0 Å². The van der Waals surface area contributed by atoms with Gasteiger partial charge in [-0.2, -0.15) is 0 Å². The number of fused-ring (bicyclic) bond motifs is 6. The highest BCUT2D eigenvalue weighted by Gasteiger charge is 2.31. The molecule has 9 aromatic carbocycles. The lowest BCUT2D eigenvalue weighted by atomic mass is 9.55. The van der Waals surface area contributed by atoms with Gasteiger partial charge in [0.2, 0.25) is 0 Å². The van der Waals surface area contributed by atoms with Gasteiger partial charge >= 0.3 is 0 Å². The Kier molecular flexibility index (Phi) is 12.4. The van der Waals surface area contributed by atoms with Crippen LogP contribution in [0.15, 0.2) is 46.9 Å². The SMILES string of the molecule is [B]c1c([B])c(-c2cccc3ccccc23)c([B])c(-c2c3c([B])c([B])c([B])c([B])c3c(-c3c([B])c([B])c(-c4c([B])c([B])c5oc6c([B])c([B])c([B])c([B])c6c5c4[B])c([B])c3[B])c3c([B])c([B])c([B])c([B])c23)c1[B]. The van der Waals surface area contributed by atoms with E-state index in [0.29, 0.717) is 11.1 Å². The first-order chi connectivity index (χ1) is 33.9. The Hall–Kier alpha value is -4.95.